The number of unbranched alkanes of at least 4 members (excludes halogenated alkanes) is 3. The minimum atomic E-state index is 1.04. The first kappa shape index (κ1) is 13.4. The Kier molecular flexibility index (Phi) is 5.22. The molecule has 5 heteroatoms. The maximum Gasteiger partial charge on any atom is 0.164 e. The van der Waals surface area contributed by atoms with Crippen LogP contribution in [0.1, 0.15) is 43.7 Å². The van der Waals surface area contributed by atoms with Crippen LogP contribution in [0.4, 0.5) is 0 Å². The lowest BCUT2D eigenvalue weighted by molar-refractivity contribution is 0.613. The smallest absolute Gasteiger partial charge is 0.138 e. The van der Waals surface area contributed by atoms with E-state index in [9.17, 15) is 0 Å². The minimum absolute atomic E-state index is 1.04. The zero-order valence-corrected chi connectivity index (χ0v) is 11.2. The summed E-state index contributed by atoms with van der Waals surface area (Å²) in [6.45, 7) is 2.23. The van der Waals surface area contributed by atoms with E-state index in [1.54, 1.807) is 6.21 Å². The van der Waals surface area contributed by atoms with Crippen LogP contribution in [0, 0.1) is 0 Å². The summed E-state index contributed by atoms with van der Waals surface area (Å²) in [6.07, 6.45) is 9.44. The number of aromatic nitrogens is 4. The van der Waals surface area contributed by atoms with Gasteiger partial charge in [-0.15, -0.1) is 15.3 Å². The molecule has 0 N–H and O–H groups in total. The Labute approximate surface area is 113 Å². The molecule has 0 spiro atoms. The SMILES string of the molecule is CCCCCCc1ccc(/C=N/n2ncnn2)cc1. The van der Waals surface area contributed by atoms with Gasteiger partial charge >= 0.3 is 0 Å². The Balaban J connectivity index is 1.84. The molecule has 0 bridgehead atoms. The van der Waals surface area contributed by atoms with Gasteiger partial charge in [-0.3, -0.25) is 0 Å². The predicted molar refractivity (Wildman–Crippen MR) is 75.1 cm³/mol. The van der Waals surface area contributed by atoms with Gasteiger partial charge in [0.25, 0.3) is 0 Å². The van der Waals surface area contributed by atoms with Gasteiger partial charge in [-0.05, 0) is 34.1 Å². The third kappa shape index (κ3) is 4.62. The average Bonchev–Trinajstić information content (AvgIpc) is 2.96. The highest BCUT2D eigenvalue weighted by Gasteiger charge is 1.94. The fourth-order valence-corrected chi connectivity index (χ4v) is 1.86. The highest BCUT2D eigenvalue weighted by molar-refractivity contribution is 5.79. The van der Waals surface area contributed by atoms with Crippen molar-refractivity contribution in [2.45, 2.75) is 39.0 Å². The molecule has 0 unspecified atom stereocenters. The topological polar surface area (TPSA) is 56.0 Å². The number of rotatable bonds is 7. The third-order valence-electron chi connectivity index (χ3n) is 2.95. The van der Waals surface area contributed by atoms with Crippen molar-refractivity contribution >= 4 is 6.21 Å². The fraction of sp³-hybridized carbons (Fsp3) is 0.429. The number of hydrogen-bond acceptors (Lipinski definition) is 4. The first-order chi connectivity index (χ1) is 9.38. The van der Waals surface area contributed by atoms with Crippen LogP contribution >= 0.6 is 0 Å². The molecule has 0 saturated carbocycles. The molecule has 2 rings (SSSR count). The second-order valence-corrected chi connectivity index (χ2v) is 4.50. The Morgan fingerprint density at radius 1 is 1.16 bits per heavy atom. The molecule has 0 saturated heterocycles. The van der Waals surface area contributed by atoms with Crippen molar-refractivity contribution in [3.05, 3.63) is 41.7 Å². The molecule has 1 aromatic heterocycles. The van der Waals surface area contributed by atoms with E-state index in [0.717, 1.165) is 12.0 Å². The van der Waals surface area contributed by atoms with E-state index in [0.29, 0.717) is 0 Å². The van der Waals surface area contributed by atoms with Crippen molar-refractivity contribution in [2.24, 2.45) is 5.10 Å². The van der Waals surface area contributed by atoms with Crippen LogP contribution in [0.15, 0.2) is 35.7 Å². The van der Waals surface area contributed by atoms with E-state index in [4.69, 9.17) is 0 Å². The summed E-state index contributed by atoms with van der Waals surface area (Å²) in [7, 11) is 0. The second kappa shape index (κ2) is 7.41. The Hall–Kier alpha value is -2.04. The molecule has 100 valence electrons. The van der Waals surface area contributed by atoms with Gasteiger partial charge in [0.1, 0.15) is 0 Å². The van der Waals surface area contributed by atoms with Crippen molar-refractivity contribution < 1.29 is 0 Å². The minimum Gasteiger partial charge on any atom is -0.138 e. The van der Waals surface area contributed by atoms with Crippen molar-refractivity contribution in [1.82, 2.24) is 20.3 Å². The maximum atomic E-state index is 4.06. The number of hydrogen-bond donors (Lipinski definition) is 0. The van der Waals surface area contributed by atoms with Gasteiger partial charge in [0.15, 0.2) is 6.33 Å². The molecule has 0 aliphatic carbocycles. The Morgan fingerprint density at radius 3 is 2.68 bits per heavy atom. The van der Waals surface area contributed by atoms with Crippen molar-refractivity contribution in [3.63, 3.8) is 0 Å². The van der Waals surface area contributed by atoms with Gasteiger partial charge in [0, 0.05) is 0 Å². The molecule has 1 heterocycles. The largest absolute Gasteiger partial charge is 0.164 e. The van der Waals surface area contributed by atoms with Gasteiger partial charge in [0.2, 0.25) is 0 Å². The summed E-state index contributed by atoms with van der Waals surface area (Å²) >= 11 is 0. The lowest BCUT2D eigenvalue weighted by Crippen LogP contribution is -1.95. The summed E-state index contributed by atoms with van der Waals surface area (Å²) in [6, 6.07) is 8.44. The first-order valence-corrected chi connectivity index (χ1v) is 6.75. The van der Waals surface area contributed by atoms with E-state index >= 15 is 0 Å². The molecular formula is C14H19N5. The molecule has 0 aliphatic heterocycles. The van der Waals surface area contributed by atoms with E-state index < -0.39 is 0 Å². The summed E-state index contributed by atoms with van der Waals surface area (Å²) in [4.78, 5) is 1.19. The molecule has 1 aromatic carbocycles. The number of tetrazole rings is 1. The van der Waals surface area contributed by atoms with Crippen LogP contribution in [0.3, 0.4) is 0 Å². The second-order valence-electron chi connectivity index (χ2n) is 4.50. The first-order valence-electron chi connectivity index (χ1n) is 6.75. The van der Waals surface area contributed by atoms with Gasteiger partial charge in [0.05, 0.1) is 6.21 Å². The molecule has 2 aromatic rings. The van der Waals surface area contributed by atoms with Crippen LogP contribution in [-0.4, -0.2) is 26.5 Å². The molecule has 0 amide bonds. The lowest BCUT2D eigenvalue weighted by Gasteiger charge is -2.01. The summed E-state index contributed by atoms with van der Waals surface area (Å²) < 4.78 is 0. The van der Waals surface area contributed by atoms with Gasteiger partial charge < -0.3 is 0 Å². The number of aryl methyl sites for hydroxylation is 1. The normalized spacial score (nSPS) is 11.2. The van der Waals surface area contributed by atoms with Crippen LogP contribution in [0.2, 0.25) is 0 Å². The monoisotopic (exact) mass is 257 g/mol. The van der Waals surface area contributed by atoms with Crippen molar-refractivity contribution in [1.29, 1.82) is 0 Å². The average molecular weight is 257 g/mol. The molecule has 0 radical (unpaired) electrons. The summed E-state index contributed by atoms with van der Waals surface area (Å²) in [5.41, 5.74) is 2.42. The van der Waals surface area contributed by atoms with Crippen molar-refractivity contribution in [3.8, 4) is 0 Å². The number of benzene rings is 1. The Bertz CT molecular complexity index is 487. The number of nitrogens with zero attached hydrogens (tertiary/aromatic N) is 5. The molecule has 19 heavy (non-hydrogen) atoms. The maximum absolute atomic E-state index is 4.06. The van der Waals surface area contributed by atoms with Crippen molar-refractivity contribution in [2.75, 3.05) is 0 Å². The van der Waals surface area contributed by atoms with Gasteiger partial charge in [-0.1, -0.05) is 50.5 Å². The quantitative estimate of drug-likeness (QED) is 0.566. The standard InChI is InChI=1S/C14H19N5/c1-2-3-4-5-6-13-7-9-14(10-8-13)11-16-19-17-12-15-18-19/h7-12H,2-6H2,1H3/b16-11+. The van der Waals surface area contributed by atoms with Crippen LogP contribution < -0.4 is 0 Å². The highest BCUT2D eigenvalue weighted by Crippen LogP contribution is 2.08. The van der Waals surface area contributed by atoms with Crippen LogP contribution in [0.5, 0.6) is 0 Å². The molecule has 0 fully saturated rings. The summed E-state index contributed by atoms with van der Waals surface area (Å²) in [5, 5.41) is 15.1. The molecular weight excluding hydrogens is 238 g/mol. The van der Waals surface area contributed by atoms with Crippen LogP contribution in [-0.2, 0) is 6.42 Å². The predicted octanol–water partition coefficient (Wildman–Crippen LogP) is 2.68. The molecule has 0 aliphatic rings. The van der Waals surface area contributed by atoms with Gasteiger partial charge in [-0.25, -0.2) is 0 Å². The van der Waals surface area contributed by atoms with Crippen LogP contribution in [0.25, 0.3) is 0 Å². The van der Waals surface area contributed by atoms with E-state index in [2.05, 4.69) is 51.7 Å². The van der Waals surface area contributed by atoms with E-state index in [1.165, 1.54) is 42.5 Å². The summed E-state index contributed by atoms with van der Waals surface area (Å²) in [5.74, 6) is 0. The molecule has 0 atom stereocenters. The zero-order valence-electron chi connectivity index (χ0n) is 11.2. The lowest BCUT2D eigenvalue weighted by atomic mass is 10.1. The third-order valence-corrected chi connectivity index (χ3v) is 2.95. The fourth-order valence-electron chi connectivity index (χ4n) is 1.86. The van der Waals surface area contributed by atoms with E-state index in [1.807, 2.05) is 0 Å². The Morgan fingerprint density at radius 2 is 2.00 bits per heavy atom. The van der Waals surface area contributed by atoms with E-state index in [-0.39, 0.29) is 0 Å². The van der Waals surface area contributed by atoms with Gasteiger partial charge in [-0.2, -0.15) is 0 Å². The molecule has 5 nitrogen and oxygen atoms in total. The zero-order chi connectivity index (χ0) is 13.3. The highest BCUT2D eigenvalue weighted by atomic mass is 15.7.